The molecule has 1 rings (SSSR count). The molecule has 0 aliphatic heterocycles. The first kappa shape index (κ1) is 11.3. The summed E-state index contributed by atoms with van der Waals surface area (Å²) in [6.07, 6.45) is 3.73. The van der Waals surface area contributed by atoms with E-state index in [1.165, 1.54) is 0 Å². The molecular formula is C11H19NO2. The van der Waals surface area contributed by atoms with Gasteiger partial charge in [0.15, 0.2) is 0 Å². The van der Waals surface area contributed by atoms with Crippen molar-refractivity contribution < 1.29 is 9.15 Å². The van der Waals surface area contributed by atoms with Crippen LogP contribution >= 0.6 is 0 Å². The van der Waals surface area contributed by atoms with Crippen LogP contribution < -0.4 is 5.32 Å². The van der Waals surface area contributed by atoms with Crippen LogP contribution in [0.3, 0.4) is 0 Å². The molecule has 14 heavy (non-hydrogen) atoms. The van der Waals surface area contributed by atoms with Crippen molar-refractivity contribution in [2.24, 2.45) is 0 Å². The van der Waals surface area contributed by atoms with Crippen LogP contribution in [0, 0.1) is 0 Å². The van der Waals surface area contributed by atoms with E-state index in [9.17, 15) is 0 Å². The molecule has 0 fully saturated rings. The molecule has 0 spiro atoms. The number of hydrogen-bond donors (Lipinski definition) is 1. The zero-order valence-corrected chi connectivity index (χ0v) is 8.95. The molecule has 3 nitrogen and oxygen atoms in total. The molecule has 0 aliphatic carbocycles. The summed E-state index contributed by atoms with van der Waals surface area (Å²) in [5.74, 6) is 1.01. The highest BCUT2D eigenvalue weighted by atomic mass is 16.5. The average Bonchev–Trinajstić information content (AvgIpc) is 2.67. The van der Waals surface area contributed by atoms with Gasteiger partial charge in [0.25, 0.3) is 0 Å². The SMILES string of the molecule is CCCNC(COC)Cc1ccco1. The first-order chi connectivity index (χ1) is 6.86. The van der Waals surface area contributed by atoms with Gasteiger partial charge >= 0.3 is 0 Å². The lowest BCUT2D eigenvalue weighted by atomic mass is 10.2. The highest BCUT2D eigenvalue weighted by molar-refractivity contribution is 5.00. The van der Waals surface area contributed by atoms with Crippen molar-refractivity contribution in [3.05, 3.63) is 24.2 Å². The van der Waals surface area contributed by atoms with Gasteiger partial charge in [0.1, 0.15) is 5.76 Å². The zero-order chi connectivity index (χ0) is 10.2. The maximum absolute atomic E-state index is 5.29. The van der Waals surface area contributed by atoms with E-state index in [2.05, 4.69) is 12.2 Å². The summed E-state index contributed by atoms with van der Waals surface area (Å²) in [6, 6.07) is 4.26. The third-order valence-corrected chi connectivity index (χ3v) is 2.08. The number of nitrogens with one attached hydrogen (secondary N) is 1. The number of rotatable bonds is 7. The van der Waals surface area contributed by atoms with Crippen LogP contribution in [0.25, 0.3) is 0 Å². The van der Waals surface area contributed by atoms with E-state index in [-0.39, 0.29) is 0 Å². The molecule has 1 heterocycles. The minimum Gasteiger partial charge on any atom is -0.469 e. The van der Waals surface area contributed by atoms with Crippen LogP contribution in [-0.4, -0.2) is 26.3 Å². The van der Waals surface area contributed by atoms with Crippen molar-refractivity contribution in [3.63, 3.8) is 0 Å². The third-order valence-electron chi connectivity index (χ3n) is 2.08. The van der Waals surface area contributed by atoms with Gasteiger partial charge in [0.05, 0.1) is 12.9 Å². The van der Waals surface area contributed by atoms with E-state index >= 15 is 0 Å². The lowest BCUT2D eigenvalue weighted by Gasteiger charge is -2.15. The molecule has 1 aromatic heterocycles. The van der Waals surface area contributed by atoms with Crippen LogP contribution in [0.2, 0.25) is 0 Å². The Bertz CT molecular complexity index is 221. The third kappa shape index (κ3) is 3.94. The monoisotopic (exact) mass is 197 g/mol. The number of ether oxygens (including phenoxy) is 1. The summed E-state index contributed by atoms with van der Waals surface area (Å²) in [4.78, 5) is 0. The van der Waals surface area contributed by atoms with E-state index < -0.39 is 0 Å². The Morgan fingerprint density at radius 3 is 3.00 bits per heavy atom. The van der Waals surface area contributed by atoms with Gasteiger partial charge in [0.2, 0.25) is 0 Å². The lowest BCUT2D eigenvalue weighted by molar-refractivity contribution is 0.163. The molecule has 0 aliphatic rings. The van der Waals surface area contributed by atoms with E-state index in [0.29, 0.717) is 6.04 Å². The number of hydrogen-bond acceptors (Lipinski definition) is 3. The molecule has 1 atom stereocenters. The normalized spacial score (nSPS) is 13.0. The van der Waals surface area contributed by atoms with Gasteiger partial charge in [0, 0.05) is 19.6 Å². The summed E-state index contributed by atoms with van der Waals surface area (Å²) >= 11 is 0. The van der Waals surface area contributed by atoms with Gasteiger partial charge in [-0.2, -0.15) is 0 Å². The Labute approximate surface area is 85.4 Å². The van der Waals surface area contributed by atoms with Gasteiger partial charge < -0.3 is 14.5 Å². The first-order valence-corrected chi connectivity index (χ1v) is 5.11. The average molecular weight is 197 g/mol. The molecule has 0 amide bonds. The van der Waals surface area contributed by atoms with Gasteiger partial charge in [-0.3, -0.25) is 0 Å². The fourth-order valence-corrected chi connectivity index (χ4v) is 1.41. The largest absolute Gasteiger partial charge is 0.469 e. The summed E-state index contributed by atoms with van der Waals surface area (Å²) in [6.45, 7) is 3.90. The molecule has 80 valence electrons. The van der Waals surface area contributed by atoms with Crippen LogP contribution in [-0.2, 0) is 11.2 Å². The number of furan rings is 1. The fourth-order valence-electron chi connectivity index (χ4n) is 1.41. The van der Waals surface area contributed by atoms with Crippen LogP contribution in [0.5, 0.6) is 0 Å². The van der Waals surface area contributed by atoms with E-state index in [4.69, 9.17) is 9.15 Å². The topological polar surface area (TPSA) is 34.4 Å². The second kappa shape index (κ2) is 6.62. The Kier molecular flexibility index (Phi) is 5.33. The molecular weight excluding hydrogens is 178 g/mol. The molecule has 1 aromatic rings. The van der Waals surface area contributed by atoms with Crippen molar-refractivity contribution in [1.29, 1.82) is 0 Å². The highest BCUT2D eigenvalue weighted by Gasteiger charge is 2.09. The summed E-state index contributed by atoms with van der Waals surface area (Å²) in [7, 11) is 1.72. The Balaban J connectivity index is 2.34. The maximum atomic E-state index is 5.29. The molecule has 0 saturated heterocycles. The van der Waals surface area contributed by atoms with Crippen LogP contribution in [0.15, 0.2) is 22.8 Å². The van der Waals surface area contributed by atoms with E-state index in [0.717, 1.165) is 31.8 Å². The van der Waals surface area contributed by atoms with Gasteiger partial charge in [-0.25, -0.2) is 0 Å². The smallest absolute Gasteiger partial charge is 0.105 e. The molecule has 1 unspecified atom stereocenters. The maximum Gasteiger partial charge on any atom is 0.105 e. The van der Waals surface area contributed by atoms with Crippen molar-refractivity contribution >= 4 is 0 Å². The predicted octanol–water partition coefficient (Wildman–Crippen LogP) is 1.84. The summed E-state index contributed by atoms with van der Waals surface area (Å²) in [5.41, 5.74) is 0. The Morgan fingerprint density at radius 1 is 1.57 bits per heavy atom. The second-order valence-electron chi connectivity index (χ2n) is 3.39. The fraction of sp³-hybridized carbons (Fsp3) is 0.636. The summed E-state index contributed by atoms with van der Waals surface area (Å²) in [5, 5.41) is 3.42. The molecule has 0 saturated carbocycles. The van der Waals surface area contributed by atoms with Gasteiger partial charge in [-0.05, 0) is 25.1 Å². The van der Waals surface area contributed by atoms with E-state index in [1.54, 1.807) is 13.4 Å². The highest BCUT2D eigenvalue weighted by Crippen LogP contribution is 2.04. The predicted molar refractivity (Wildman–Crippen MR) is 56.4 cm³/mol. The van der Waals surface area contributed by atoms with Crippen LogP contribution in [0.1, 0.15) is 19.1 Å². The lowest BCUT2D eigenvalue weighted by Crippen LogP contribution is -2.35. The van der Waals surface area contributed by atoms with Crippen molar-refractivity contribution in [3.8, 4) is 0 Å². The van der Waals surface area contributed by atoms with E-state index in [1.807, 2.05) is 12.1 Å². The second-order valence-corrected chi connectivity index (χ2v) is 3.39. The molecule has 1 N–H and O–H groups in total. The minimum absolute atomic E-state index is 0.353. The van der Waals surface area contributed by atoms with Crippen molar-refractivity contribution in [1.82, 2.24) is 5.32 Å². The quantitative estimate of drug-likeness (QED) is 0.724. The van der Waals surface area contributed by atoms with Crippen molar-refractivity contribution in [2.45, 2.75) is 25.8 Å². The summed E-state index contributed by atoms with van der Waals surface area (Å²) < 4.78 is 10.4. The first-order valence-electron chi connectivity index (χ1n) is 5.11. The molecule has 0 aromatic carbocycles. The standard InChI is InChI=1S/C11H19NO2/c1-3-6-12-10(9-13-2)8-11-5-4-7-14-11/h4-5,7,10,12H,3,6,8-9H2,1-2H3. The Morgan fingerprint density at radius 2 is 2.43 bits per heavy atom. The zero-order valence-electron chi connectivity index (χ0n) is 8.95. The molecule has 3 heteroatoms. The van der Waals surface area contributed by atoms with Gasteiger partial charge in [-0.15, -0.1) is 0 Å². The Hall–Kier alpha value is -0.800. The molecule has 0 bridgehead atoms. The van der Waals surface area contributed by atoms with Crippen LogP contribution in [0.4, 0.5) is 0 Å². The number of methoxy groups -OCH3 is 1. The van der Waals surface area contributed by atoms with Crippen molar-refractivity contribution in [2.75, 3.05) is 20.3 Å². The minimum atomic E-state index is 0.353. The van der Waals surface area contributed by atoms with Gasteiger partial charge in [-0.1, -0.05) is 6.92 Å². The molecule has 0 radical (unpaired) electrons.